The Labute approximate surface area is 98.7 Å². The number of fused-ring (bicyclic) bond motifs is 1. The molecule has 86 valence electrons. The van der Waals surface area contributed by atoms with Crippen molar-refractivity contribution in [2.24, 2.45) is 0 Å². The van der Waals surface area contributed by atoms with E-state index in [2.05, 4.69) is 18.0 Å². The molecular weight excluding hydrogens is 214 g/mol. The summed E-state index contributed by atoms with van der Waals surface area (Å²) in [4.78, 5) is 4.35. The van der Waals surface area contributed by atoms with Gasteiger partial charge in [-0.15, -0.1) is 0 Å². The van der Waals surface area contributed by atoms with Crippen LogP contribution in [0.4, 0.5) is 5.95 Å². The van der Waals surface area contributed by atoms with Crippen LogP contribution < -0.4 is 5.73 Å². The Bertz CT molecular complexity index is 653. The molecule has 0 radical (unpaired) electrons. The maximum absolute atomic E-state index is 5.95. The van der Waals surface area contributed by atoms with Gasteiger partial charge in [-0.1, -0.05) is 12.1 Å². The zero-order valence-electron chi connectivity index (χ0n) is 9.55. The van der Waals surface area contributed by atoms with Crippen molar-refractivity contribution >= 4 is 17.0 Å². The Kier molecular flexibility index (Phi) is 2.14. The molecule has 3 rings (SSSR count). The number of furan rings is 1. The van der Waals surface area contributed by atoms with Gasteiger partial charge < -0.3 is 14.7 Å². The summed E-state index contributed by atoms with van der Waals surface area (Å²) in [6, 6.07) is 9.82. The Morgan fingerprint density at radius 3 is 2.94 bits per heavy atom. The third-order valence-electron chi connectivity index (χ3n) is 2.89. The van der Waals surface area contributed by atoms with Crippen molar-refractivity contribution < 1.29 is 4.42 Å². The number of anilines is 1. The Hall–Kier alpha value is -2.23. The summed E-state index contributed by atoms with van der Waals surface area (Å²) >= 11 is 0. The molecule has 0 amide bonds. The number of hydrogen-bond donors (Lipinski definition) is 1. The molecule has 0 unspecified atom stereocenters. The first-order valence-electron chi connectivity index (χ1n) is 5.49. The molecule has 1 aromatic carbocycles. The standard InChI is InChI=1S/C13H13N3O/c1-9-4-2-6-11-12(9)16(13(14)15-11)8-10-5-3-7-17-10/h2-7H,8H2,1H3,(H2,14,15). The summed E-state index contributed by atoms with van der Waals surface area (Å²) in [6.07, 6.45) is 1.66. The molecule has 0 saturated heterocycles. The Balaban J connectivity index is 2.18. The monoisotopic (exact) mass is 227 g/mol. The van der Waals surface area contributed by atoms with Crippen molar-refractivity contribution in [3.05, 3.63) is 47.9 Å². The van der Waals surface area contributed by atoms with Gasteiger partial charge in [0.2, 0.25) is 5.95 Å². The van der Waals surface area contributed by atoms with Crippen molar-refractivity contribution in [1.29, 1.82) is 0 Å². The second-order valence-electron chi connectivity index (χ2n) is 4.08. The maximum Gasteiger partial charge on any atom is 0.201 e. The van der Waals surface area contributed by atoms with E-state index in [1.165, 1.54) is 5.56 Å². The van der Waals surface area contributed by atoms with Gasteiger partial charge in [0, 0.05) is 0 Å². The number of rotatable bonds is 2. The lowest BCUT2D eigenvalue weighted by molar-refractivity contribution is 0.497. The number of aromatic nitrogens is 2. The fourth-order valence-corrected chi connectivity index (χ4v) is 2.10. The van der Waals surface area contributed by atoms with Gasteiger partial charge >= 0.3 is 0 Å². The molecule has 0 spiro atoms. The number of benzene rings is 1. The van der Waals surface area contributed by atoms with E-state index in [0.717, 1.165) is 16.8 Å². The van der Waals surface area contributed by atoms with Crippen LogP contribution in [-0.2, 0) is 6.54 Å². The average Bonchev–Trinajstić information content (AvgIpc) is 2.89. The number of nitrogen functional groups attached to an aromatic ring is 1. The highest BCUT2D eigenvalue weighted by Crippen LogP contribution is 2.22. The summed E-state index contributed by atoms with van der Waals surface area (Å²) in [5, 5.41) is 0. The lowest BCUT2D eigenvalue weighted by Crippen LogP contribution is -2.04. The van der Waals surface area contributed by atoms with Gasteiger partial charge in [-0.05, 0) is 30.7 Å². The Morgan fingerprint density at radius 1 is 1.29 bits per heavy atom. The minimum atomic E-state index is 0.519. The number of hydrogen-bond acceptors (Lipinski definition) is 3. The minimum Gasteiger partial charge on any atom is -0.467 e. The minimum absolute atomic E-state index is 0.519. The van der Waals surface area contributed by atoms with Crippen LogP contribution >= 0.6 is 0 Å². The van der Waals surface area contributed by atoms with E-state index in [-0.39, 0.29) is 0 Å². The summed E-state index contributed by atoms with van der Waals surface area (Å²) in [5.41, 5.74) is 9.11. The van der Waals surface area contributed by atoms with E-state index in [1.54, 1.807) is 6.26 Å². The summed E-state index contributed by atoms with van der Waals surface area (Å²) in [5.74, 6) is 1.39. The van der Waals surface area contributed by atoms with E-state index in [4.69, 9.17) is 10.2 Å². The summed E-state index contributed by atoms with van der Waals surface area (Å²) in [6.45, 7) is 2.67. The molecule has 4 heteroatoms. The van der Waals surface area contributed by atoms with Crippen LogP contribution in [0.25, 0.3) is 11.0 Å². The lowest BCUT2D eigenvalue weighted by atomic mass is 10.2. The molecule has 2 heterocycles. The molecule has 2 aromatic heterocycles. The van der Waals surface area contributed by atoms with Gasteiger partial charge in [0.25, 0.3) is 0 Å². The van der Waals surface area contributed by atoms with Crippen molar-refractivity contribution in [2.75, 3.05) is 5.73 Å². The SMILES string of the molecule is Cc1cccc2nc(N)n(Cc3ccco3)c12. The first kappa shape index (κ1) is 9.96. The normalized spacial score (nSPS) is 11.1. The molecular formula is C13H13N3O. The van der Waals surface area contributed by atoms with Crippen molar-refractivity contribution in [1.82, 2.24) is 9.55 Å². The molecule has 17 heavy (non-hydrogen) atoms. The number of nitrogens with zero attached hydrogens (tertiary/aromatic N) is 2. The molecule has 0 aliphatic heterocycles. The van der Waals surface area contributed by atoms with Gasteiger partial charge in [-0.3, -0.25) is 0 Å². The molecule has 0 aliphatic carbocycles. The van der Waals surface area contributed by atoms with Crippen LogP contribution in [0.1, 0.15) is 11.3 Å². The first-order valence-corrected chi connectivity index (χ1v) is 5.49. The predicted molar refractivity (Wildman–Crippen MR) is 66.7 cm³/mol. The lowest BCUT2D eigenvalue weighted by Gasteiger charge is -2.05. The fraction of sp³-hybridized carbons (Fsp3) is 0.154. The summed E-state index contributed by atoms with van der Waals surface area (Å²) in [7, 11) is 0. The molecule has 3 aromatic rings. The third-order valence-corrected chi connectivity index (χ3v) is 2.89. The average molecular weight is 227 g/mol. The van der Waals surface area contributed by atoms with Gasteiger partial charge in [0.15, 0.2) is 0 Å². The van der Waals surface area contributed by atoms with Gasteiger partial charge in [-0.2, -0.15) is 0 Å². The zero-order chi connectivity index (χ0) is 11.8. The zero-order valence-corrected chi connectivity index (χ0v) is 9.55. The van der Waals surface area contributed by atoms with Crippen molar-refractivity contribution in [3.63, 3.8) is 0 Å². The smallest absolute Gasteiger partial charge is 0.201 e. The van der Waals surface area contributed by atoms with Crippen LogP contribution in [0, 0.1) is 6.92 Å². The number of para-hydroxylation sites is 1. The molecule has 0 saturated carbocycles. The predicted octanol–water partition coefficient (Wildman–Crippen LogP) is 2.57. The second-order valence-corrected chi connectivity index (χ2v) is 4.08. The highest BCUT2D eigenvalue weighted by atomic mass is 16.3. The Morgan fingerprint density at radius 2 is 2.18 bits per heavy atom. The van der Waals surface area contributed by atoms with Crippen LogP contribution in [-0.4, -0.2) is 9.55 Å². The second kappa shape index (κ2) is 3.66. The van der Waals surface area contributed by atoms with Gasteiger partial charge in [0.05, 0.1) is 23.8 Å². The van der Waals surface area contributed by atoms with E-state index in [9.17, 15) is 0 Å². The van der Waals surface area contributed by atoms with E-state index < -0.39 is 0 Å². The molecule has 2 N–H and O–H groups in total. The van der Waals surface area contributed by atoms with E-state index in [0.29, 0.717) is 12.5 Å². The summed E-state index contributed by atoms with van der Waals surface area (Å²) < 4.78 is 7.32. The van der Waals surface area contributed by atoms with E-state index in [1.807, 2.05) is 28.8 Å². The number of nitrogens with two attached hydrogens (primary N) is 1. The maximum atomic E-state index is 5.95. The largest absolute Gasteiger partial charge is 0.467 e. The van der Waals surface area contributed by atoms with E-state index >= 15 is 0 Å². The van der Waals surface area contributed by atoms with Crippen LogP contribution in [0.5, 0.6) is 0 Å². The third kappa shape index (κ3) is 1.58. The number of imidazole rings is 1. The first-order chi connectivity index (χ1) is 8.25. The highest BCUT2D eigenvalue weighted by Gasteiger charge is 2.11. The van der Waals surface area contributed by atoms with Crippen LogP contribution in [0.2, 0.25) is 0 Å². The van der Waals surface area contributed by atoms with Gasteiger partial charge in [-0.25, -0.2) is 4.98 Å². The van der Waals surface area contributed by atoms with Crippen molar-refractivity contribution in [3.8, 4) is 0 Å². The quantitative estimate of drug-likeness (QED) is 0.732. The molecule has 0 bridgehead atoms. The fourth-order valence-electron chi connectivity index (χ4n) is 2.10. The van der Waals surface area contributed by atoms with Gasteiger partial charge in [0.1, 0.15) is 5.76 Å². The van der Waals surface area contributed by atoms with Crippen LogP contribution in [0.3, 0.4) is 0 Å². The van der Waals surface area contributed by atoms with Crippen molar-refractivity contribution in [2.45, 2.75) is 13.5 Å². The topological polar surface area (TPSA) is 57.0 Å². The highest BCUT2D eigenvalue weighted by molar-refractivity contribution is 5.81. The number of aryl methyl sites for hydroxylation is 1. The molecule has 0 aliphatic rings. The molecule has 0 fully saturated rings. The molecule has 4 nitrogen and oxygen atoms in total. The van der Waals surface area contributed by atoms with Crippen LogP contribution in [0.15, 0.2) is 41.0 Å². The molecule has 0 atom stereocenters.